The summed E-state index contributed by atoms with van der Waals surface area (Å²) in [4.78, 5) is 3.35. The van der Waals surface area contributed by atoms with Gasteiger partial charge in [0.15, 0.2) is 0 Å². The van der Waals surface area contributed by atoms with Crippen LogP contribution in [0.25, 0.3) is 10.9 Å². The monoisotopic (exact) mass is 264 g/mol. The van der Waals surface area contributed by atoms with Crippen LogP contribution in [0.5, 0.6) is 0 Å². The van der Waals surface area contributed by atoms with Crippen LogP contribution in [0.2, 0.25) is 0 Å². The van der Waals surface area contributed by atoms with E-state index in [2.05, 4.69) is 42.3 Å². The standard InChI is InChI=1S/C14H20N2OS/c1-10(2)15-8-12(17)9-18-14-7-11-5-3-4-6-13(11)16-14/h3-7,10,12,15-17H,8-9H2,1-2H3. The van der Waals surface area contributed by atoms with Gasteiger partial charge >= 0.3 is 0 Å². The molecule has 2 aromatic rings. The molecule has 1 aromatic carbocycles. The number of fused-ring (bicyclic) bond motifs is 1. The molecule has 0 radical (unpaired) electrons. The van der Waals surface area contributed by atoms with Gasteiger partial charge in [-0.05, 0) is 12.1 Å². The summed E-state index contributed by atoms with van der Waals surface area (Å²) in [7, 11) is 0. The van der Waals surface area contributed by atoms with Gasteiger partial charge in [-0.25, -0.2) is 0 Å². The average Bonchev–Trinajstić information content (AvgIpc) is 2.76. The third-order valence-corrected chi connectivity index (χ3v) is 3.78. The van der Waals surface area contributed by atoms with E-state index in [0.717, 1.165) is 10.5 Å². The lowest BCUT2D eigenvalue weighted by atomic mass is 10.3. The summed E-state index contributed by atoms with van der Waals surface area (Å²) in [6.45, 7) is 4.81. The third kappa shape index (κ3) is 3.77. The number of aliphatic hydroxyl groups is 1. The second-order valence-corrected chi connectivity index (χ2v) is 5.81. The molecular formula is C14H20N2OS. The molecule has 0 aliphatic rings. The molecule has 1 aromatic heterocycles. The number of H-pyrrole nitrogens is 1. The van der Waals surface area contributed by atoms with Crippen molar-refractivity contribution in [3.63, 3.8) is 0 Å². The molecule has 2 rings (SSSR count). The van der Waals surface area contributed by atoms with Gasteiger partial charge in [0, 0.05) is 29.2 Å². The largest absolute Gasteiger partial charge is 0.391 e. The van der Waals surface area contributed by atoms with Crippen molar-refractivity contribution >= 4 is 22.7 Å². The van der Waals surface area contributed by atoms with Crippen molar-refractivity contribution < 1.29 is 5.11 Å². The topological polar surface area (TPSA) is 48.0 Å². The van der Waals surface area contributed by atoms with Crippen LogP contribution in [-0.4, -0.2) is 34.5 Å². The van der Waals surface area contributed by atoms with Gasteiger partial charge in [-0.2, -0.15) is 0 Å². The van der Waals surface area contributed by atoms with E-state index in [1.54, 1.807) is 11.8 Å². The molecule has 4 heteroatoms. The number of nitrogens with one attached hydrogen (secondary N) is 2. The van der Waals surface area contributed by atoms with Crippen LogP contribution in [0.4, 0.5) is 0 Å². The summed E-state index contributed by atoms with van der Waals surface area (Å²) >= 11 is 1.66. The first-order valence-electron chi connectivity index (χ1n) is 6.27. The highest BCUT2D eigenvalue weighted by Crippen LogP contribution is 2.23. The smallest absolute Gasteiger partial charge is 0.0758 e. The fourth-order valence-corrected chi connectivity index (χ4v) is 2.62. The van der Waals surface area contributed by atoms with Crippen molar-refractivity contribution in [2.24, 2.45) is 0 Å². The van der Waals surface area contributed by atoms with Crippen LogP contribution >= 0.6 is 11.8 Å². The summed E-state index contributed by atoms with van der Waals surface area (Å²) in [5.74, 6) is 0.701. The molecule has 0 bridgehead atoms. The van der Waals surface area contributed by atoms with Crippen molar-refractivity contribution in [2.75, 3.05) is 12.3 Å². The third-order valence-electron chi connectivity index (χ3n) is 2.70. The van der Waals surface area contributed by atoms with Crippen molar-refractivity contribution in [2.45, 2.75) is 31.0 Å². The maximum atomic E-state index is 9.84. The van der Waals surface area contributed by atoms with E-state index in [1.807, 2.05) is 12.1 Å². The molecule has 0 aliphatic heterocycles. The highest BCUT2D eigenvalue weighted by atomic mass is 32.2. The van der Waals surface area contributed by atoms with Crippen LogP contribution in [0.15, 0.2) is 35.4 Å². The second-order valence-electron chi connectivity index (χ2n) is 4.75. The van der Waals surface area contributed by atoms with Gasteiger partial charge in [0.2, 0.25) is 0 Å². The molecule has 0 saturated heterocycles. The van der Waals surface area contributed by atoms with E-state index in [4.69, 9.17) is 0 Å². The van der Waals surface area contributed by atoms with Gasteiger partial charge < -0.3 is 15.4 Å². The number of hydrogen-bond acceptors (Lipinski definition) is 3. The summed E-state index contributed by atoms with van der Waals surface area (Å²) in [5, 5.41) is 15.4. The summed E-state index contributed by atoms with van der Waals surface area (Å²) in [6.07, 6.45) is -0.316. The number of hydrogen-bond donors (Lipinski definition) is 3. The first-order chi connectivity index (χ1) is 8.65. The number of rotatable bonds is 6. The second kappa shape index (κ2) is 6.27. The van der Waals surface area contributed by atoms with E-state index in [9.17, 15) is 5.11 Å². The molecule has 0 amide bonds. The molecule has 3 nitrogen and oxygen atoms in total. The lowest BCUT2D eigenvalue weighted by Gasteiger charge is -2.13. The number of aliphatic hydroxyl groups excluding tert-OH is 1. The van der Waals surface area contributed by atoms with Crippen molar-refractivity contribution in [1.29, 1.82) is 0 Å². The zero-order chi connectivity index (χ0) is 13.0. The molecule has 98 valence electrons. The SMILES string of the molecule is CC(C)NCC(O)CSc1cc2ccccc2[nH]1. The van der Waals surface area contributed by atoms with Crippen molar-refractivity contribution in [3.8, 4) is 0 Å². The molecule has 1 atom stereocenters. The van der Waals surface area contributed by atoms with E-state index in [0.29, 0.717) is 18.3 Å². The Balaban J connectivity index is 1.86. The number of para-hydroxylation sites is 1. The number of aromatic amines is 1. The lowest BCUT2D eigenvalue weighted by molar-refractivity contribution is 0.192. The molecule has 1 heterocycles. The lowest BCUT2D eigenvalue weighted by Crippen LogP contribution is -2.33. The Labute approximate surface area is 112 Å². The fourth-order valence-electron chi connectivity index (χ4n) is 1.74. The average molecular weight is 264 g/mol. The fraction of sp³-hybridized carbons (Fsp3) is 0.429. The van der Waals surface area contributed by atoms with Gasteiger partial charge in [0.25, 0.3) is 0 Å². The predicted octanol–water partition coefficient (Wildman–Crippen LogP) is 2.62. The highest BCUT2D eigenvalue weighted by Gasteiger charge is 2.07. The Bertz CT molecular complexity index is 462. The Kier molecular flexibility index (Phi) is 4.69. The van der Waals surface area contributed by atoms with Crippen molar-refractivity contribution in [3.05, 3.63) is 30.3 Å². The molecular weight excluding hydrogens is 244 g/mol. The Morgan fingerprint density at radius 3 is 2.83 bits per heavy atom. The predicted molar refractivity (Wildman–Crippen MR) is 78.2 cm³/mol. The molecule has 3 N–H and O–H groups in total. The Hall–Kier alpha value is -0.970. The molecule has 0 spiro atoms. The molecule has 18 heavy (non-hydrogen) atoms. The Morgan fingerprint density at radius 1 is 1.33 bits per heavy atom. The maximum absolute atomic E-state index is 9.84. The van der Waals surface area contributed by atoms with Gasteiger partial charge in [0.05, 0.1) is 11.1 Å². The van der Waals surface area contributed by atoms with E-state index >= 15 is 0 Å². The minimum Gasteiger partial charge on any atom is -0.391 e. The quantitative estimate of drug-likeness (QED) is 0.703. The van der Waals surface area contributed by atoms with E-state index in [-0.39, 0.29) is 6.10 Å². The zero-order valence-corrected chi connectivity index (χ0v) is 11.6. The van der Waals surface area contributed by atoms with E-state index in [1.165, 1.54) is 5.39 Å². The first kappa shape index (κ1) is 13.5. The van der Waals surface area contributed by atoms with Crippen molar-refractivity contribution in [1.82, 2.24) is 10.3 Å². The summed E-state index contributed by atoms with van der Waals surface area (Å²) < 4.78 is 0. The van der Waals surface area contributed by atoms with Crippen LogP contribution in [-0.2, 0) is 0 Å². The molecule has 1 unspecified atom stereocenters. The van der Waals surface area contributed by atoms with Gasteiger partial charge in [-0.3, -0.25) is 0 Å². The normalized spacial score (nSPS) is 13.3. The zero-order valence-electron chi connectivity index (χ0n) is 10.8. The number of benzene rings is 1. The first-order valence-corrected chi connectivity index (χ1v) is 7.25. The van der Waals surface area contributed by atoms with Gasteiger partial charge in [-0.1, -0.05) is 32.0 Å². The minimum absolute atomic E-state index is 0.316. The minimum atomic E-state index is -0.316. The molecule has 0 aliphatic carbocycles. The van der Waals surface area contributed by atoms with Crippen LogP contribution < -0.4 is 5.32 Å². The Morgan fingerprint density at radius 2 is 2.11 bits per heavy atom. The van der Waals surface area contributed by atoms with Gasteiger partial charge in [0.1, 0.15) is 0 Å². The molecule has 0 fully saturated rings. The highest BCUT2D eigenvalue weighted by molar-refractivity contribution is 7.99. The van der Waals surface area contributed by atoms with Gasteiger partial charge in [-0.15, -0.1) is 11.8 Å². The maximum Gasteiger partial charge on any atom is 0.0758 e. The van der Waals surface area contributed by atoms with Crippen LogP contribution in [0.3, 0.4) is 0 Å². The van der Waals surface area contributed by atoms with Crippen LogP contribution in [0, 0.1) is 0 Å². The number of thioether (sulfide) groups is 1. The number of aromatic nitrogens is 1. The molecule has 0 saturated carbocycles. The van der Waals surface area contributed by atoms with Crippen LogP contribution in [0.1, 0.15) is 13.8 Å². The summed E-state index contributed by atoms with van der Waals surface area (Å²) in [5.41, 5.74) is 1.15. The van der Waals surface area contributed by atoms with E-state index < -0.39 is 0 Å². The summed E-state index contributed by atoms with van der Waals surface area (Å²) in [6, 6.07) is 10.8.